The van der Waals surface area contributed by atoms with Crippen molar-refractivity contribution in [1.82, 2.24) is 4.90 Å². The number of nitrogens with one attached hydrogen (secondary N) is 1. The molecular formula is C24H32N2O2. The zero-order valence-electron chi connectivity index (χ0n) is 17.2. The van der Waals surface area contributed by atoms with Crippen LogP contribution in [0.25, 0.3) is 0 Å². The Hall–Kier alpha value is -1.84. The summed E-state index contributed by atoms with van der Waals surface area (Å²) in [6.45, 7) is 4.82. The molecule has 0 radical (unpaired) electrons. The summed E-state index contributed by atoms with van der Waals surface area (Å²) in [5.41, 5.74) is 2.97. The van der Waals surface area contributed by atoms with Gasteiger partial charge in [0, 0.05) is 12.2 Å². The summed E-state index contributed by atoms with van der Waals surface area (Å²) in [5, 5.41) is 3.11. The Kier molecular flexibility index (Phi) is 4.29. The van der Waals surface area contributed by atoms with Gasteiger partial charge in [-0.25, -0.2) is 0 Å². The van der Waals surface area contributed by atoms with Crippen molar-refractivity contribution in [2.24, 2.45) is 23.2 Å². The molecule has 4 nitrogen and oxygen atoms in total. The molecule has 0 spiro atoms. The molecule has 5 aliphatic rings. The molecule has 4 aliphatic carbocycles. The number of anilines is 1. The molecule has 1 atom stereocenters. The topological polar surface area (TPSA) is 49.4 Å². The minimum Gasteiger partial charge on any atom is -0.330 e. The van der Waals surface area contributed by atoms with Crippen LogP contribution in [0.5, 0.6) is 0 Å². The molecule has 5 fully saturated rings. The maximum absolute atomic E-state index is 13.7. The van der Waals surface area contributed by atoms with Crippen LogP contribution in [-0.2, 0) is 9.59 Å². The molecule has 0 unspecified atom stereocenters. The number of hydrogen-bond acceptors (Lipinski definition) is 2. The fourth-order valence-corrected chi connectivity index (χ4v) is 7.13. The number of likely N-dealkylation sites (tertiary alicyclic amines) is 1. The second-order valence-corrected chi connectivity index (χ2v) is 10.2. The first-order chi connectivity index (χ1) is 13.4. The first-order valence-electron chi connectivity index (χ1n) is 11.1. The van der Waals surface area contributed by atoms with Gasteiger partial charge in [-0.1, -0.05) is 17.7 Å². The number of carbonyl (C=O) groups excluding carboxylic acids is 2. The Morgan fingerprint density at radius 1 is 1.04 bits per heavy atom. The molecule has 2 amide bonds. The molecule has 1 aliphatic heterocycles. The lowest BCUT2D eigenvalue weighted by Gasteiger charge is -2.56. The quantitative estimate of drug-likeness (QED) is 0.842. The van der Waals surface area contributed by atoms with Gasteiger partial charge in [-0.3, -0.25) is 9.59 Å². The monoisotopic (exact) mass is 380 g/mol. The van der Waals surface area contributed by atoms with Gasteiger partial charge in [-0.05, 0) is 94.6 Å². The molecule has 1 aromatic carbocycles. The summed E-state index contributed by atoms with van der Waals surface area (Å²) in [6, 6.07) is 5.78. The lowest BCUT2D eigenvalue weighted by Crippen LogP contribution is -2.56. The highest BCUT2D eigenvalue weighted by atomic mass is 16.2. The molecule has 0 aromatic heterocycles. The number of benzene rings is 1. The van der Waals surface area contributed by atoms with E-state index in [1.165, 1.54) is 24.8 Å². The number of aryl methyl sites for hydroxylation is 2. The standard InChI is InChI=1S/C24H32N2O2/c1-15-5-6-20(16(2)8-15)25-22(27)21-4-3-7-26(21)23(28)24-12-17-9-18(13-24)11-19(10-17)14-24/h5-6,8,17-19,21H,3-4,7,9-14H2,1-2H3,(H,25,27)/t17?,18?,19?,21-,24?/m0/s1. The zero-order valence-corrected chi connectivity index (χ0v) is 17.2. The normalized spacial score (nSPS) is 36.0. The third kappa shape index (κ3) is 2.96. The summed E-state index contributed by atoms with van der Waals surface area (Å²) in [5.74, 6) is 2.54. The highest BCUT2D eigenvalue weighted by molar-refractivity contribution is 5.98. The smallest absolute Gasteiger partial charge is 0.247 e. The largest absolute Gasteiger partial charge is 0.330 e. The highest BCUT2D eigenvalue weighted by Gasteiger charge is 2.56. The molecule has 6 rings (SSSR count). The van der Waals surface area contributed by atoms with Crippen LogP contribution < -0.4 is 5.32 Å². The Balaban J connectivity index is 1.34. The molecule has 1 aromatic rings. The van der Waals surface area contributed by atoms with E-state index in [0.29, 0.717) is 5.91 Å². The average Bonchev–Trinajstić information content (AvgIpc) is 3.12. The van der Waals surface area contributed by atoms with Crippen LogP contribution in [0.1, 0.15) is 62.5 Å². The summed E-state index contributed by atoms with van der Waals surface area (Å²) in [6.07, 6.45) is 8.94. The third-order valence-corrected chi connectivity index (χ3v) is 7.95. The molecule has 28 heavy (non-hydrogen) atoms. The minimum atomic E-state index is -0.304. The minimum absolute atomic E-state index is 0.0115. The molecule has 4 heteroatoms. The van der Waals surface area contributed by atoms with Gasteiger partial charge >= 0.3 is 0 Å². The highest BCUT2D eigenvalue weighted by Crippen LogP contribution is 2.60. The molecular weight excluding hydrogens is 348 g/mol. The van der Waals surface area contributed by atoms with E-state index < -0.39 is 0 Å². The van der Waals surface area contributed by atoms with Gasteiger partial charge in [-0.2, -0.15) is 0 Å². The summed E-state index contributed by atoms with van der Waals surface area (Å²) in [4.78, 5) is 28.8. The predicted molar refractivity (Wildman–Crippen MR) is 110 cm³/mol. The van der Waals surface area contributed by atoms with Gasteiger partial charge in [0.2, 0.25) is 11.8 Å². The Morgan fingerprint density at radius 3 is 2.29 bits per heavy atom. The van der Waals surface area contributed by atoms with E-state index >= 15 is 0 Å². The second kappa shape index (κ2) is 6.60. The van der Waals surface area contributed by atoms with Gasteiger partial charge < -0.3 is 10.2 Å². The van der Waals surface area contributed by atoms with E-state index in [2.05, 4.69) is 18.3 Å². The second-order valence-electron chi connectivity index (χ2n) is 10.2. The van der Waals surface area contributed by atoms with Crippen molar-refractivity contribution >= 4 is 17.5 Å². The molecule has 4 saturated carbocycles. The van der Waals surface area contributed by atoms with Crippen molar-refractivity contribution < 1.29 is 9.59 Å². The first kappa shape index (κ1) is 18.2. The van der Waals surface area contributed by atoms with E-state index in [9.17, 15) is 9.59 Å². The van der Waals surface area contributed by atoms with Crippen LogP contribution in [-0.4, -0.2) is 29.3 Å². The van der Waals surface area contributed by atoms with Gasteiger partial charge in [0.15, 0.2) is 0 Å². The van der Waals surface area contributed by atoms with E-state index in [0.717, 1.165) is 67.7 Å². The summed E-state index contributed by atoms with van der Waals surface area (Å²) >= 11 is 0. The fraction of sp³-hybridized carbons (Fsp3) is 0.667. The number of nitrogens with zero attached hydrogens (tertiary/aromatic N) is 1. The maximum Gasteiger partial charge on any atom is 0.247 e. The Bertz CT molecular complexity index is 780. The lowest BCUT2D eigenvalue weighted by atomic mass is 9.49. The van der Waals surface area contributed by atoms with Gasteiger partial charge in [-0.15, -0.1) is 0 Å². The number of carbonyl (C=O) groups is 2. The van der Waals surface area contributed by atoms with Crippen molar-refractivity contribution in [3.05, 3.63) is 29.3 Å². The Labute approximate surface area is 168 Å². The fourth-order valence-electron chi connectivity index (χ4n) is 7.13. The van der Waals surface area contributed by atoms with Gasteiger partial charge in [0.05, 0.1) is 5.41 Å². The molecule has 1 heterocycles. The number of rotatable bonds is 3. The van der Waals surface area contributed by atoms with Crippen molar-refractivity contribution in [2.75, 3.05) is 11.9 Å². The first-order valence-corrected chi connectivity index (χ1v) is 11.1. The zero-order chi connectivity index (χ0) is 19.5. The molecule has 1 saturated heterocycles. The van der Waals surface area contributed by atoms with Crippen molar-refractivity contribution in [1.29, 1.82) is 0 Å². The van der Waals surface area contributed by atoms with Crippen LogP contribution in [0, 0.1) is 37.0 Å². The molecule has 1 N–H and O–H groups in total. The van der Waals surface area contributed by atoms with Crippen LogP contribution in [0.15, 0.2) is 18.2 Å². The predicted octanol–water partition coefficient (Wildman–Crippen LogP) is 4.45. The van der Waals surface area contributed by atoms with Gasteiger partial charge in [0.1, 0.15) is 6.04 Å². The van der Waals surface area contributed by atoms with Crippen LogP contribution in [0.4, 0.5) is 5.69 Å². The number of amides is 2. The summed E-state index contributed by atoms with van der Waals surface area (Å²) < 4.78 is 0. The van der Waals surface area contributed by atoms with Crippen molar-refractivity contribution in [2.45, 2.75) is 71.3 Å². The Morgan fingerprint density at radius 2 is 1.68 bits per heavy atom. The molecule has 4 bridgehead atoms. The van der Waals surface area contributed by atoms with E-state index in [1.807, 2.05) is 24.0 Å². The maximum atomic E-state index is 13.7. The SMILES string of the molecule is Cc1ccc(NC(=O)[C@@H]2CCCN2C(=O)C23CC4CC(CC(C4)C2)C3)c(C)c1. The van der Waals surface area contributed by atoms with E-state index in [1.54, 1.807) is 0 Å². The lowest BCUT2D eigenvalue weighted by molar-refractivity contribution is -0.160. The summed E-state index contributed by atoms with van der Waals surface area (Å²) in [7, 11) is 0. The van der Waals surface area contributed by atoms with Crippen LogP contribution in [0.2, 0.25) is 0 Å². The average molecular weight is 381 g/mol. The molecule has 150 valence electrons. The van der Waals surface area contributed by atoms with Crippen molar-refractivity contribution in [3.8, 4) is 0 Å². The number of hydrogen-bond donors (Lipinski definition) is 1. The van der Waals surface area contributed by atoms with Gasteiger partial charge in [0.25, 0.3) is 0 Å². The van der Waals surface area contributed by atoms with E-state index in [4.69, 9.17) is 0 Å². The van der Waals surface area contributed by atoms with Crippen molar-refractivity contribution in [3.63, 3.8) is 0 Å². The third-order valence-electron chi connectivity index (χ3n) is 7.95. The van der Waals surface area contributed by atoms with Crippen LogP contribution in [0.3, 0.4) is 0 Å². The van der Waals surface area contributed by atoms with E-state index in [-0.39, 0.29) is 17.4 Å². The van der Waals surface area contributed by atoms with Crippen LogP contribution >= 0.6 is 0 Å².